The third kappa shape index (κ3) is 16.4. The molecule has 0 aromatic carbocycles. The van der Waals surface area contributed by atoms with Crippen molar-refractivity contribution < 1.29 is 25.8 Å². The predicted molar refractivity (Wildman–Crippen MR) is 160 cm³/mol. The SMILES string of the molecule is CC(C)(C)P(C[Si](C)(C)[N-][Si](C)(C)CP(C(C)(C)C)C(C)(C)C)C(C)(C)C.[CH3-].[CH3-].[CH3-].[Hf+4]. The van der Waals surface area contributed by atoms with E-state index in [-0.39, 0.29) is 64.0 Å². The minimum absolute atomic E-state index is 0. The quantitative estimate of drug-likeness (QED) is 0.152. The van der Waals surface area contributed by atoms with Gasteiger partial charge in [0.1, 0.15) is 0 Å². The largest absolute Gasteiger partial charge is 4.00 e. The van der Waals surface area contributed by atoms with Gasteiger partial charge in [-0.1, -0.05) is 137 Å². The minimum atomic E-state index is -1.58. The Kier molecular flexibility index (Phi) is 19.5. The third-order valence-electron chi connectivity index (χ3n) is 4.93. The minimum Gasteiger partial charge on any atom is -0.667 e. The van der Waals surface area contributed by atoms with Crippen LogP contribution in [0.3, 0.4) is 0 Å². The Labute approximate surface area is 225 Å². The molecular formula is C25H61HfNP2Si2. The number of rotatable bonds is 6. The Balaban J connectivity index is -0.000000563. The van der Waals surface area contributed by atoms with Crippen molar-refractivity contribution in [3.63, 3.8) is 0 Å². The van der Waals surface area contributed by atoms with E-state index in [1.807, 2.05) is 0 Å². The van der Waals surface area contributed by atoms with E-state index in [0.717, 1.165) is 0 Å². The van der Waals surface area contributed by atoms with Gasteiger partial charge in [0.25, 0.3) is 0 Å². The first-order valence-electron chi connectivity index (χ1n) is 10.7. The van der Waals surface area contributed by atoms with Crippen molar-refractivity contribution in [2.24, 2.45) is 0 Å². The van der Waals surface area contributed by atoms with E-state index in [4.69, 9.17) is 4.65 Å². The molecule has 6 heteroatoms. The van der Waals surface area contributed by atoms with Gasteiger partial charge in [0.05, 0.1) is 0 Å². The fourth-order valence-electron chi connectivity index (χ4n) is 4.63. The van der Waals surface area contributed by atoms with E-state index >= 15 is 0 Å². The van der Waals surface area contributed by atoms with E-state index < -0.39 is 16.5 Å². The van der Waals surface area contributed by atoms with Crippen LogP contribution in [0.15, 0.2) is 0 Å². The van der Waals surface area contributed by atoms with Crippen LogP contribution in [0, 0.1) is 22.3 Å². The summed E-state index contributed by atoms with van der Waals surface area (Å²) in [5, 5.41) is 1.62. The molecule has 0 aliphatic heterocycles. The van der Waals surface area contributed by atoms with Gasteiger partial charge in [-0.05, 0) is 20.6 Å². The summed E-state index contributed by atoms with van der Waals surface area (Å²) in [6, 6.07) is 0. The second kappa shape index (κ2) is 14.0. The van der Waals surface area contributed by atoms with Gasteiger partial charge in [0.2, 0.25) is 0 Å². The van der Waals surface area contributed by atoms with Crippen LogP contribution in [-0.4, -0.2) is 48.7 Å². The molecule has 0 aromatic rings. The van der Waals surface area contributed by atoms with Crippen LogP contribution in [0.5, 0.6) is 0 Å². The first-order chi connectivity index (χ1) is 11.4. The fraction of sp³-hybridized carbons (Fsp3) is 0.880. The van der Waals surface area contributed by atoms with E-state index in [0.29, 0.717) is 20.6 Å². The maximum Gasteiger partial charge on any atom is 4.00 e. The average molecular weight is 672 g/mol. The molecule has 0 heterocycles. The molecule has 0 bridgehead atoms. The van der Waals surface area contributed by atoms with E-state index in [2.05, 4.69) is 109 Å². The normalized spacial score (nSPS) is 13.7. The van der Waals surface area contributed by atoms with Crippen molar-refractivity contribution in [2.45, 2.75) is 130 Å². The maximum absolute atomic E-state index is 5.78. The van der Waals surface area contributed by atoms with Gasteiger partial charge in [-0.2, -0.15) is 0 Å². The molecule has 0 aliphatic rings. The smallest absolute Gasteiger partial charge is 0.667 e. The van der Waals surface area contributed by atoms with Crippen molar-refractivity contribution in [1.82, 2.24) is 0 Å². The second-order valence-corrected chi connectivity index (χ2v) is 31.3. The van der Waals surface area contributed by atoms with Crippen LogP contribution in [0.1, 0.15) is 83.1 Å². The van der Waals surface area contributed by atoms with E-state index in [9.17, 15) is 0 Å². The zero-order chi connectivity index (χ0) is 22.3. The van der Waals surface area contributed by atoms with E-state index in [1.165, 1.54) is 11.6 Å². The predicted octanol–water partition coefficient (Wildman–Crippen LogP) is 10.4. The monoisotopic (exact) mass is 673 g/mol. The van der Waals surface area contributed by atoms with Gasteiger partial charge < -0.3 is 26.9 Å². The number of hydrogen-bond donors (Lipinski definition) is 0. The first-order valence-corrected chi connectivity index (χ1v) is 20.0. The van der Waals surface area contributed by atoms with Crippen molar-refractivity contribution in [2.75, 3.05) is 11.6 Å². The molecule has 0 rings (SSSR count). The van der Waals surface area contributed by atoms with Crippen molar-refractivity contribution in [3.05, 3.63) is 26.9 Å². The van der Waals surface area contributed by atoms with Crippen LogP contribution in [0.4, 0.5) is 0 Å². The van der Waals surface area contributed by atoms with Gasteiger partial charge in [-0.3, -0.25) is 0 Å². The van der Waals surface area contributed by atoms with Gasteiger partial charge in [-0.25, -0.2) is 0 Å². The Morgan fingerprint density at radius 1 is 0.484 bits per heavy atom. The first kappa shape index (κ1) is 43.2. The van der Waals surface area contributed by atoms with Gasteiger partial charge in [0.15, 0.2) is 0 Å². The molecule has 0 saturated heterocycles. The molecule has 31 heavy (non-hydrogen) atoms. The second-order valence-electron chi connectivity index (χ2n) is 13.6. The van der Waals surface area contributed by atoms with Crippen LogP contribution in [-0.2, 0) is 25.8 Å². The molecular weight excluding hydrogens is 611 g/mol. The summed E-state index contributed by atoms with van der Waals surface area (Å²) in [5.74, 6) is 2.77. The number of nitrogens with zero attached hydrogens (tertiary/aromatic N) is 1. The molecule has 1 nitrogen and oxygen atoms in total. The molecule has 0 radical (unpaired) electrons. The van der Waals surface area contributed by atoms with Crippen molar-refractivity contribution in [3.8, 4) is 0 Å². The number of hydrogen-bond acceptors (Lipinski definition) is 0. The van der Waals surface area contributed by atoms with Crippen LogP contribution >= 0.6 is 15.8 Å². The Morgan fingerprint density at radius 3 is 0.774 bits per heavy atom. The van der Waals surface area contributed by atoms with Crippen LogP contribution in [0.25, 0.3) is 4.65 Å². The summed E-state index contributed by atoms with van der Waals surface area (Å²) >= 11 is 0. The topological polar surface area (TPSA) is 14.1 Å². The van der Waals surface area contributed by atoms with Crippen LogP contribution in [0.2, 0.25) is 26.2 Å². The molecule has 0 N–H and O–H groups in total. The molecule has 0 fully saturated rings. The Bertz CT molecular complexity index is 410. The summed E-state index contributed by atoms with van der Waals surface area (Å²) in [6.07, 6.45) is 0. The van der Waals surface area contributed by atoms with Gasteiger partial charge in [-0.15, -0.1) is 15.8 Å². The maximum atomic E-state index is 5.78. The van der Waals surface area contributed by atoms with Gasteiger partial charge >= 0.3 is 25.8 Å². The molecule has 0 unspecified atom stereocenters. The van der Waals surface area contributed by atoms with Crippen molar-refractivity contribution in [1.29, 1.82) is 0 Å². The summed E-state index contributed by atoms with van der Waals surface area (Å²) in [7, 11) is -3.27. The standard InChI is InChI=1S/C22H52NP2Si2.3CH3.Hf/c1-19(2,3)24(20(4,5)6)17-26(13,14)23-27(15,16)18-25(21(7,8)9)22(10,11)12;;;;/h17-18H2,1-16H3;3*1H3;/q4*-1;+4. The summed E-state index contributed by atoms with van der Waals surface area (Å²) in [5.41, 5.74) is 0. The molecule has 0 spiro atoms. The molecule has 0 saturated carbocycles. The van der Waals surface area contributed by atoms with E-state index in [1.54, 1.807) is 0 Å². The zero-order valence-electron chi connectivity index (χ0n) is 25.3. The summed E-state index contributed by atoms with van der Waals surface area (Å²) in [4.78, 5) is 0. The summed E-state index contributed by atoms with van der Waals surface area (Å²) in [6.45, 7) is 39.6. The molecule has 0 atom stereocenters. The summed E-state index contributed by atoms with van der Waals surface area (Å²) < 4.78 is 5.78. The van der Waals surface area contributed by atoms with Gasteiger partial charge in [0, 0.05) is 0 Å². The molecule has 188 valence electrons. The van der Waals surface area contributed by atoms with Crippen LogP contribution < -0.4 is 0 Å². The Hall–Kier alpha value is 2.12. The zero-order valence-corrected chi connectivity index (χ0v) is 32.6. The Morgan fingerprint density at radius 2 is 0.645 bits per heavy atom. The third-order valence-corrected chi connectivity index (χ3v) is 25.0. The fourth-order valence-corrected chi connectivity index (χ4v) is 30.8. The van der Waals surface area contributed by atoms with Crippen molar-refractivity contribution >= 4 is 32.3 Å². The molecule has 0 aliphatic carbocycles. The average Bonchev–Trinajstić information content (AvgIpc) is 2.26. The molecule has 0 amide bonds. The molecule has 0 aromatic heterocycles.